The molecule has 10 nitrogen and oxygen atoms in total. The van der Waals surface area contributed by atoms with E-state index in [1.165, 1.54) is 6.07 Å². The number of nitrogens with one attached hydrogen (secondary N) is 1. The monoisotopic (exact) mass is 600 g/mol. The highest BCUT2D eigenvalue weighted by Gasteiger charge is 2.27. The number of thiophene rings is 1. The highest BCUT2D eigenvalue weighted by molar-refractivity contribution is 7.21. The summed E-state index contributed by atoms with van der Waals surface area (Å²) in [4.78, 5) is 35.8. The first-order valence-electron chi connectivity index (χ1n) is 13.4. The van der Waals surface area contributed by atoms with Gasteiger partial charge < -0.3 is 11.1 Å². The molecule has 0 spiro atoms. The van der Waals surface area contributed by atoms with Crippen molar-refractivity contribution in [1.82, 2.24) is 29.5 Å². The molecule has 0 bridgehead atoms. The zero-order valence-corrected chi connectivity index (χ0v) is 24.5. The first-order chi connectivity index (χ1) is 20.5. The summed E-state index contributed by atoms with van der Waals surface area (Å²) in [6, 6.07) is 10.2. The van der Waals surface area contributed by atoms with Crippen LogP contribution in [0, 0.1) is 13.8 Å². The third-order valence-electron chi connectivity index (χ3n) is 7.18. The quantitative estimate of drug-likeness (QED) is 0.230. The van der Waals surface area contributed by atoms with Crippen molar-refractivity contribution >= 4 is 50.0 Å². The van der Waals surface area contributed by atoms with E-state index in [9.17, 15) is 18.4 Å². The van der Waals surface area contributed by atoms with E-state index in [-0.39, 0.29) is 15.4 Å². The van der Waals surface area contributed by atoms with Gasteiger partial charge in [0.15, 0.2) is 0 Å². The molecule has 218 valence electrons. The van der Waals surface area contributed by atoms with E-state index < -0.39 is 23.9 Å². The van der Waals surface area contributed by atoms with E-state index in [4.69, 9.17) is 10.7 Å². The molecule has 5 heterocycles. The van der Waals surface area contributed by atoms with Crippen molar-refractivity contribution < 1.29 is 18.4 Å². The Balaban J connectivity index is 1.56. The van der Waals surface area contributed by atoms with Crippen molar-refractivity contribution in [3.8, 4) is 22.4 Å². The Morgan fingerprint density at radius 3 is 2.42 bits per heavy atom. The molecule has 43 heavy (non-hydrogen) atoms. The number of nitrogens with two attached hydrogens (primary N) is 1. The van der Waals surface area contributed by atoms with E-state index in [1.54, 1.807) is 47.7 Å². The van der Waals surface area contributed by atoms with Crippen molar-refractivity contribution in [2.75, 3.05) is 5.32 Å². The average molecular weight is 601 g/mol. The van der Waals surface area contributed by atoms with Gasteiger partial charge in [-0.15, -0.1) is 11.3 Å². The van der Waals surface area contributed by atoms with Crippen LogP contribution in [0.25, 0.3) is 43.5 Å². The molecule has 0 aliphatic carbocycles. The minimum Gasteiger partial charge on any atom is -0.365 e. The summed E-state index contributed by atoms with van der Waals surface area (Å²) in [6.45, 7) is 6.27. The van der Waals surface area contributed by atoms with E-state index in [0.717, 1.165) is 22.6 Å². The number of amides is 2. The molecule has 0 aliphatic heterocycles. The molecule has 0 saturated heterocycles. The van der Waals surface area contributed by atoms with Crippen molar-refractivity contribution in [2.24, 2.45) is 12.8 Å². The Hall–Kier alpha value is -5.04. The van der Waals surface area contributed by atoms with Crippen LogP contribution in [0.3, 0.4) is 0 Å². The fourth-order valence-electron chi connectivity index (χ4n) is 5.21. The first-order valence-corrected chi connectivity index (χ1v) is 14.2. The maximum Gasteiger partial charge on any atom is 0.280 e. The highest BCUT2D eigenvalue weighted by atomic mass is 32.1. The van der Waals surface area contributed by atoms with Gasteiger partial charge in [0.25, 0.3) is 18.2 Å². The number of benzene rings is 1. The molecule has 0 saturated carbocycles. The van der Waals surface area contributed by atoms with Gasteiger partial charge >= 0.3 is 0 Å². The van der Waals surface area contributed by atoms with Crippen molar-refractivity contribution in [3.63, 3.8) is 0 Å². The molecule has 6 rings (SSSR count). The lowest BCUT2D eigenvalue weighted by molar-refractivity contribution is 0.100. The minimum atomic E-state index is -2.86. The summed E-state index contributed by atoms with van der Waals surface area (Å²) in [5.41, 5.74) is 9.85. The van der Waals surface area contributed by atoms with Crippen LogP contribution in [0.1, 0.15) is 50.5 Å². The lowest BCUT2D eigenvalue weighted by Gasteiger charge is -2.12. The van der Waals surface area contributed by atoms with E-state index >= 15 is 0 Å². The van der Waals surface area contributed by atoms with Gasteiger partial charge in [0.05, 0.1) is 33.8 Å². The third-order valence-corrected chi connectivity index (χ3v) is 8.28. The van der Waals surface area contributed by atoms with Gasteiger partial charge in [-0.1, -0.05) is 18.2 Å². The summed E-state index contributed by atoms with van der Waals surface area (Å²) in [7, 11) is 1.71. The summed E-state index contributed by atoms with van der Waals surface area (Å²) in [5.74, 6) is -1.36. The average Bonchev–Trinajstić information content (AvgIpc) is 3.65. The molecule has 13 heteroatoms. The number of alkyl halides is 2. The van der Waals surface area contributed by atoms with Crippen molar-refractivity contribution in [1.29, 1.82) is 0 Å². The molecule has 5 aromatic heterocycles. The van der Waals surface area contributed by atoms with Gasteiger partial charge in [0, 0.05) is 47.9 Å². The van der Waals surface area contributed by atoms with Crippen LogP contribution in [0.2, 0.25) is 0 Å². The van der Waals surface area contributed by atoms with E-state index in [1.807, 2.05) is 32.2 Å². The number of halogens is 2. The van der Waals surface area contributed by atoms with Gasteiger partial charge in [0.1, 0.15) is 15.4 Å². The van der Waals surface area contributed by atoms with Crippen molar-refractivity contribution in [2.45, 2.75) is 33.7 Å². The lowest BCUT2D eigenvalue weighted by atomic mass is 10.0. The summed E-state index contributed by atoms with van der Waals surface area (Å²) in [5, 5.41) is 12.7. The number of hydrogen-bond acceptors (Lipinski definition) is 7. The number of para-hydroxylation sites is 1. The molecule has 0 aliphatic rings. The van der Waals surface area contributed by atoms with Gasteiger partial charge in [-0.2, -0.15) is 10.2 Å². The number of rotatable bonds is 7. The van der Waals surface area contributed by atoms with Crippen LogP contribution in [0.4, 0.5) is 14.5 Å². The zero-order valence-electron chi connectivity index (χ0n) is 23.6. The molecule has 0 unspecified atom stereocenters. The van der Waals surface area contributed by atoms with Gasteiger partial charge in [-0.3, -0.25) is 19.0 Å². The number of nitrogens with zero attached hydrogens (tertiary/aromatic N) is 6. The number of aromatic nitrogens is 6. The van der Waals surface area contributed by atoms with Crippen LogP contribution >= 0.6 is 11.3 Å². The zero-order chi connectivity index (χ0) is 30.6. The highest BCUT2D eigenvalue weighted by Crippen LogP contribution is 2.43. The predicted octanol–water partition coefficient (Wildman–Crippen LogP) is 6.03. The predicted molar refractivity (Wildman–Crippen MR) is 161 cm³/mol. The number of primary amides is 1. The van der Waals surface area contributed by atoms with Gasteiger partial charge in [0.2, 0.25) is 0 Å². The minimum absolute atomic E-state index is 0.0105. The Bertz CT molecular complexity index is 2080. The Labute approximate surface area is 248 Å². The normalized spacial score (nSPS) is 11.6. The standard InChI is InChI=1S/C30H26F2N8O2S/c1-5-40-13-20(15(3)38-40)22-11-18(16-8-6-7-9-21(16)34-22)29(42)36-25-24-17(19-12-39(4)37-14(19)2)10-23(27(31)32)35-30(24)43-26(25)28(33)41/h6-13,27H,5H2,1-4H3,(H2,33,41)(H,36,42). The number of pyridine rings is 2. The topological polar surface area (TPSA) is 134 Å². The maximum absolute atomic E-state index is 14.1. The smallest absolute Gasteiger partial charge is 0.280 e. The first kappa shape index (κ1) is 28.1. The molecule has 6 aromatic rings. The molecule has 2 amide bonds. The summed E-state index contributed by atoms with van der Waals surface area (Å²) in [6.07, 6.45) is 0.702. The molecular weight excluding hydrogens is 574 g/mol. The summed E-state index contributed by atoms with van der Waals surface area (Å²) >= 11 is 0.849. The maximum atomic E-state index is 14.1. The Kier molecular flexibility index (Phi) is 6.97. The second-order valence-corrected chi connectivity index (χ2v) is 11.1. The lowest BCUT2D eigenvalue weighted by Crippen LogP contribution is -2.17. The Morgan fingerprint density at radius 2 is 1.77 bits per heavy atom. The summed E-state index contributed by atoms with van der Waals surface area (Å²) < 4.78 is 31.2. The van der Waals surface area contributed by atoms with E-state index in [0.29, 0.717) is 50.9 Å². The van der Waals surface area contributed by atoms with Crippen LogP contribution in [0.5, 0.6) is 0 Å². The van der Waals surface area contributed by atoms with Crippen molar-refractivity contribution in [3.05, 3.63) is 76.3 Å². The molecule has 0 radical (unpaired) electrons. The van der Waals surface area contributed by atoms with Crippen LogP contribution in [-0.4, -0.2) is 41.3 Å². The molecule has 3 N–H and O–H groups in total. The fourth-order valence-corrected chi connectivity index (χ4v) is 6.23. The van der Waals surface area contributed by atoms with E-state index in [2.05, 4.69) is 20.5 Å². The van der Waals surface area contributed by atoms with Crippen LogP contribution < -0.4 is 11.1 Å². The largest absolute Gasteiger partial charge is 0.365 e. The second-order valence-electron chi connectivity index (χ2n) is 10.1. The Morgan fingerprint density at radius 1 is 1.02 bits per heavy atom. The number of aryl methyl sites for hydroxylation is 4. The molecular formula is C30H26F2N8O2S. The molecule has 0 fully saturated rings. The molecule has 1 aromatic carbocycles. The molecule has 0 atom stereocenters. The number of fused-ring (bicyclic) bond motifs is 2. The van der Waals surface area contributed by atoms with Gasteiger partial charge in [-0.05, 0) is 44.5 Å². The van der Waals surface area contributed by atoms with Crippen LogP contribution in [-0.2, 0) is 13.6 Å². The SMILES string of the molecule is CCn1cc(-c2cc(C(=O)Nc3c(C(N)=O)sc4nc(C(F)F)cc(-c5cn(C)nc5C)c34)c3ccccc3n2)c(C)n1. The number of carbonyl (C=O) groups excluding carboxylic acids is 2. The van der Waals surface area contributed by atoms with Crippen LogP contribution in [0.15, 0.2) is 48.8 Å². The second kappa shape index (κ2) is 10.7. The number of anilines is 1. The third kappa shape index (κ3) is 4.91. The number of hydrogen-bond donors (Lipinski definition) is 2. The number of carbonyl (C=O) groups is 2. The van der Waals surface area contributed by atoms with Gasteiger partial charge in [-0.25, -0.2) is 18.7 Å². The fraction of sp³-hybridized carbons (Fsp3) is 0.200.